The lowest BCUT2D eigenvalue weighted by molar-refractivity contribution is -0.120. The molecule has 3 rings (SSSR count). The van der Waals surface area contributed by atoms with Crippen molar-refractivity contribution < 1.29 is 14.3 Å². The van der Waals surface area contributed by atoms with E-state index in [9.17, 15) is 9.59 Å². The van der Waals surface area contributed by atoms with Crippen molar-refractivity contribution >= 4 is 28.3 Å². The van der Waals surface area contributed by atoms with Gasteiger partial charge in [0.2, 0.25) is 11.8 Å². The molecule has 1 heterocycles. The molecule has 1 fully saturated rings. The van der Waals surface area contributed by atoms with Gasteiger partial charge in [-0.15, -0.1) is 11.3 Å². The summed E-state index contributed by atoms with van der Waals surface area (Å²) in [6.07, 6.45) is 2.10. The molecule has 1 aromatic carbocycles. The molecule has 1 saturated carbocycles. The lowest BCUT2D eigenvalue weighted by Crippen LogP contribution is -2.24. The molecule has 0 spiro atoms. The van der Waals surface area contributed by atoms with Crippen LogP contribution in [-0.2, 0) is 22.6 Å². The van der Waals surface area contributed by atoms with Crippen LogP contribution in [0.3, 0.4) is 0 Å². The fourth-order valence-electron chi connectivity index (χ4n) is 2.21. The number of ether oxygens (including phenoxy) is 1. The van der Waals surface area contributed by atoms with Gasteiger partial charge in [0.1, 0.15) is 5.75 Å². The molecule has 7 heteroatoms. The van der Waals surface area contributed by atoms with Crippen LogP contribution < -0.4 is 15.4 Å². The molecule has 24 heavy (non-hydrogen) atoms. The highest BCUT2D eigenvalue weighted by atomic mass is 32.1. The van der Waals surface area contributed by atoms with Crippen molar-refractivity contribution in [1.29, 1.82) is 0 Å². The predicted octanol–water partition coefficient (Wildman–Crippen LogP) is 2.36. The molecule has 6 nitrogen and oxygen atoms in total. The minimum atomic E-state index is -0.108. The average molecular weight is 345 g/mol. The maximum atomic E-state index is 12.0. The lowest BCUT2D eigenvalue weighted by atomic mass is 10.2. The molecular weight excluding hydrogens is 326 g/mol. The Bertz CT molecular complexity index is 740. The predicted molar refractivity (Wildman–Crippen MR) is 92.0 cm³/mol. The summed E-state index contributed by atoms with van der Waals surface area (Å²) >= 11 is 1.34. The van der Waals surface area contributed by atoms with Crippen LogP contribution >= 0.6 is 11.3 Å². The zero-order chi connectivity index (χ0) is 16.9. The molecule has 0 aliphatic heterocycles. The number of rotatable bonds is 7. The summed E-state index contributed by atoms with van der Waals surface area (Å²) in [4.78, 5) is 28.0. The normalized spacial score (nSPS) is 13.4. The van der Waals surface area contributed by atoms with Gasteiger partial charge in [0.15, 0.2) is 5.13 Å². The molecule has 1 aliphatic rings. The summed E-state index contributed by atoms with van der Waals surface area (Å²) in [6.45, 7) is 0.436. The maximum Gasteiger partial charge on any atom is 0.229 e. The van der Waals surface area contributed by atoms with E-state index in [1.54, 1.807) is 12.5 Å². The quantitative estimate of drug-likeness (QED) is 0.807. The van der Waals surface area contributed by atoms with Crippen LogP contribution in [0.25, 0.3) is 0 Å². The SMILES string of the molecule is COc1cccc(CNC(=O)Cc2csc(NC(=O)C3CC3)n2)c1. The van der Waals surface area contributed by atoms with E-state index in [1.807, 2.05) is 24.3 Å². The van der Waals surface area contributed by atoms with Crippen molar-refractivity contribution in [1.82, 2.24) is 10.3 Å². The molecule has 0 radical (unpaired) electrons. The average Bonchev–Trinajstić information content (AvgIpc) is 3.36. The number of nitrogens with zero attached hydrogens (tertiary/aromatic N) is 1. The first-order valence-electron chi connectivity index (χ1n) is 7.79. The largest absolute Gasteiger partial charge is 0.497 e. The van der Waals surface area contributed by atoms with Gasteiger partial charge in [-0.1, -0.05) is 12.1 Å². The molecule has 2 aromatic rings. The molecule has 0 saturated heterocycles. The molecule has 0 atom stereocenters. The van der Waals surface area contributed by atoms with E-state index in [1.165, 1.54) is 11.3 Å². The van der Waals surface area contributed by atoms with E-state index in [0.29, 0.717) is 17.4 Å². The van der Waals surface area contributed by atoms with Crippen molar-refractivity contribution in [3.8, 4) is 5.75 Å². The van der Waals surface area contributed by atoms with Crippen LogP contribution in [-0.4, -0.2) is 23.9 Å². The number of anilines is 1. The van der Waals surface area contributed by atoms with Crippen LogP contribution in [0.5, 0.6) is 5.75 Å². The Kier molecular flexibility index (Phi) is 5.10. The van der Waals surface area contributed by atoms with Gasteiger partial charge >= 0.3 is 0 Å². The number of aromatic nitrogens is 1. The van der Waals surface area contributed by atoms with Gasteiger partial charge in [0, 0.05) is 17.8 Å². The number of nitrogens with one attached hydrogen (secondary N) is 2. The number of benzene rings is 1. The highest BCUT2D eigenvalue weighted by Crippen LogP contribution is 2.30. The Labute approximate surface area is 144 Å². The van der Waals surface area contributed by atoms with Crippen LogP contribution in [0.1, 0.15) is 24.1 Å². The second kappa shape index (κ2) is 7.44. The Morgan fingerprint density at radius 2 is 2.21 bits per heavy atom. The summed E-state index contributed by atoms with van der Waals surface area (Å²) in [7, 11) is 1.61. The Morgan fingerprint density at radius 3 is 2.96 bits per heavy atom. The fraction of sp³-hybridized carbons (Fsp3) is 0.353. The van der Waals surface area contributed by atoms with Crippen LogP contribution in [0.15, 0.2) is 29.6 Å². The summed E-state index contributed by atoms with van der Waals surface area (Å²) < 4.78 is 5.16. The topological polar surface area (TPSA) is 80.3 Å². The van der Waals surface area contributed by atoms with Crippen LogP contribution in [0.2, 0.25) is 0 Å². The smallest absolute Gasteiger partial charge is 0.229 e. The van der Waals surface area contributed by atoms with Crippen LogP contribution in [0, 0.1) is 5.92 Å². The van der Waals surface area contributed by atoms with E-state index < -0.39 is 0 Å². The van der Waals surface area contributed by atoms with E-state index in [0.717, 1.165) is 24.2 Å². The first-order chi connectivity index (χ1) is 11.6. The Morgan fingerprint density at radius 1 is 1.38 bits per heavy atom. The number of thiazole rings is 1. The zero-order valence-electron chi connectivity index (χ0n) is 13.4. The molecule has 126 valence electrons. The third kappa shape index (κ3) is 4.55. The maximum absolute atomic E-state index is 12.0. The highest BCUT2D eigenvalue weighted by molar-refractivity contribution is 7.13. The van der Waals surface area contributed by atoms with Gasteiger partial charge in [0.05, 0.1) is 19.2 Å². The van der Waals surface area contributed by atoms with E-state index in [2.05, 4.69) is 15.6 Å². The minimum Gasteiger partial charge on any atom is -0.497 e. The summed E-state index contributed by atoms with van der Waals surface area (Å²) in [5.74, 6) is 0.822. The monoisotopic (exact) mass is 345 g/mol. The van der Waals surface area contributed by atoms with Gasteiger partial charge in [-0.25, -0.2) is 4.98 Å². The van der Waals surface area contributed by atoms with Gasteiger partial charge in [-0.3, -0.25) is 9.59 Å². The number of amides is 2. The van der Waals surface area contributed by atoms with Crippen molar-refractivity contribution in [2.24, 2.45) is 5.92 Å². The van der Waals surface area contributed by atoms with E-state index >= 15 is 0 Å². The molecule has 2 amide bonds. The standard InChI is InChI=1S/C17H19N3O3S/c1-23-14-4-2-3-11(7-14)9-18-15(21)8-13-10-24-17(19-13)20-16(22)12-5-6-12/h2-4,7,10,12H,5-6,8-9H2,1H3,(H,18,21)(H,19,20,22). The zero-order valence-corrected chi connectivity index (χ0v) is 14.2. The molecule has 0 bridgehead atoms. The molecule has 0 unspecified atom stereocenters. The summed E-state index contributed by atoms with van der Waals surface area (Å²) in [6, 6.07) is 7.55. The third-order valence-corrected chi connectivity index (χ3v) is 4.50. The van der Waals surface area contributed by atoms with E-state index in [-0.39, 0.29) is 24.2 Å². The number of carbonyl (C=O) groups is 2. The first kappa shape index (κ1) is 16.4. The number of methoxy groups -OCH3 is 1. The van der Waals surface area contributed by atoms with Crippen molar-refractivity contribution in [3.63, 3.8) is 0 Å². The molecular formula is C17H19N3O3S. The minimum absolute atomic E-state index is 0.0263. The summed E-state index contributed by atoms with van der Waals surface area (Å²) in [5.41, 5.74) is 1.63. The van der Waals surface area contributed by atoms with E-state index in [4.69, 9.17) is 4.74 Å². The first-order valence-corrected chi connectivity index (χ1v) is 8.67. The van der Waals surface area contributed by atoms with Gasteiger partial charge < -0.3 is 15.4 Å². The molecule has 1 aromatic heterocycles. The number of hydrogen-bond donors (Lipinski definition) is 2. The van der Waals surface area contributed by atoms with Gasteiger partial charge in [-0.05, 0) is 30.5 Å². The second-order valence-electron chi connectivity index (χ2n) is 5.71. The lowest BCUT2D eigenvalue weighted by Gasteiger charge is -2.06. The van der Waals surface area contributed by atoms with Crippen molar-refractivity contribution in [2.75, 3.05) is 12.4 Å². The second-order valence-corrected chi connectivity index (χ2v) is 6.57. The Balaban J connectivity index is 1.47. The number of carbonyl (C=O) groups excluding carboxylic acids is 2. The van der Waals surface area contributed by atoms with Crippen LogP contribution in [0.4, 0.5) is 5.13 Å². The number of hydrogen-bond acceptors (Lipinski definition) is 5. The summed E-state index contributed by atoms with van der Waals surface area (Å²) in [5, 5.41) is 8.01. The fourth-order valence-corrected chi connectivity index (χ4v) is 2.92. The Hall–Kier alpha value is -2.41. The van der Waals surface area contributed by atoms with Crippen molar-refractivity contribution in [2.45, 2.75) is 25.8 Å². The van der Waals surface area contributed by atoms with Crippen molar-refractivity contribution in [3.05, 3.63) is 40.9 Å². The van der Waals surface area contributed by atoms with Gasteiger partial charge in [-0.2, -0.15) is 0 Å². The molecule has 2 N–H and O–H groups in total. The third-order valence-electron chi connectivity index (χ3n) is 3.70. The van der Waals surface area contributed by atoms with Gasteiger partial charge in [0.25, 0.3) is 0 Å². The molecule has 1 aliphatic carbocycles. The highest BCUT2D eigenvalue weighted by Gasteiger charge is 2.30.